The van der Waals surface area contributed by atoms with E-state index >= 15 is 0 Å². The molecule has 0 bridgehead atoms. The minimum absolute atomic E-state index is 0. The van der Waals surface area contributed by atoms with E-state index in [1.165, 1.54) is 44.5 Å². The summed E-state index contributed by atoms with van der Waals surface area (Å²) in [5.41, 5.74) is 7.28. The molecule has 0 unspecified atom stereocenters. The molecule has 1 aromatic rings. The van der Waals surface area contributed by atoms with E-state index in [0.29, 0.717) is 11.9 Å². The molecule has 0 spiro atoms. The van der Waals surface area contributed by atoms with Gasteiger partial charge < -0.3 is 16.0 Å². The molecule has 0 saturated carbocycles. The van der Waals surface area contributed by atoms with Gasteiger partial charge in [-0.15, -0.1) is 24.0 Å². The lowest BCUT2D eigenvalue weighted by molar-refractivity contribution is 0.188. The van der Waals surface area contributed by atoms with Crippen molar-refractivity contribution in [3.63, 3.8) is 0 Å². The molecule has 1 aliphatic rings. The molecular formula is C18H31IN4. The van der Waals surface area contributed by atoms with Crippen molar-refractivity contribution >= 4 is 29.9 Å². The number of likely N-dealkylation sites (tertiary alicyclic amines) is 1. The smallest absolute Gasteiger partial charge is 0.188 e. The van der Waals surface area contributed by atoms with Crippen molar-refractivity contribution in [2.75, 3.05) is 32.7 Å². The fraction of sp³-hybridized carbons (Fsp3) is 0.611. The van der Waals surface area contributed by atoms with Crippen LogP contribution in [0.15, 0.2) is 35.3 Å². The summed E-state index contributed by atoms with van der Waals surface area (Å²) in [6, 6.07) is 10.5. The van der Waals surface area contributed by atoms with Crippen LogP contribution in [-0.2, 0) is 6.42 Å². The first kappa shape index (κ1) is 20.2. The summed E-state index contributed by atoms with van der Waals surface area (Å²) in [6.07, 6.45) is 4.73. The Bertz CT molecular complexity index is 442. The summed E-state index contributed by atoms with van der Waals surface area (Å²) in [5, 5.41) is 3.22. The molecule has 3 N–H and O–H groups in total. The van der Waals surface area contributed by atoms with Crippen LogP contribution < -0.4 is 11.1 Å². The zero-order chi connectivity index (χ0) is 15.6. The topological polar surface area (TPSA) is 53.6 Å². The van der Waals surface area contributed by atoms with Crippen LogP contribution in [-0.4, -0.2) is 43.6 Å². The maximum absolute atomic E-state index is 5.96. The van der Waals surface area contributed by atoms with Gasteiger partial charge in [-0.3, -0.25) is 4.99 Å². The highest BCUT2D eigenvalue weighted by molar-refractivity contribution is 14.0. The lowest BCUT2D eigenvalue weighted by atomic mass is 9.97. The highest BCUT2D eigenvalue weighted by atomic mass is 127. The van der Waals surface area contributed by atoms with Crippen molar-refractivity contribution in [1.29, 1.82) is 0 Å². The van der Waals surface area contributed by atoms with Crippen molar-refractivity contribution < 1.29 is 0 Å². The summed E-state index contributed by atoms with van der Waals surface area (Å²) in [6.45, 7) is 7.63. The fourth-order valence-corrected chi connectivity index (χ4v) is 2.97. The van der Waals surface area contributed by atoms with Gasteiger partial charge in [-0.2, -0.15) is 0 Å². The SMILES string of the molecule is CCCN1CCC(CN=C(N)NCCc2ccccc2)CC1.I. The molecule has 23 heavy (non-hydrogen) atoms. The minimum Gasteiger partial charge on any atom is -0.370 e. The Morgan fingerprint density at radius 2 is 1.96 bits per heavy atom. The predicted molar refractivity (Wildman–Crippen MR) is 110 cm³/mol. The molecule has 2 rings (SSSR count). The van der Waals surface area contributed by atoms with Gasteiger partial charge in [-0.25, -0.2) is 0 Å². The minimum atomic E-state index is 0. The molecule has 1 aromatic carbocycles. The van der Waals surface area contributed by atoms with Gasteiger partial charge in [0.05, 0.1) is 0 Å². The Morgan fingerprint density at radius 1 is 1.26 bits per heavy atom. The third-order valence-electron chi connectivity index (χ3n) is 4.33. The number of halogens is 1. The number of benzene rings is 1. The van der Waals surface area contributed by atoms with E-state index in [1.807, 2.05) is 6.07 Å². The highest BCUT2D eigenvalue weighted by Gasteiger charge is 2.17. The summed E-state index contributed by atoms with van der Waals surface area (Å²) in [4.78, 5) is 7.07. The number of nitrogens with zero attached hydrogens (tertiary/aromatic N) is 2. The highest BCUT2D eigenvalue weighted by Crippen LogP contribution is 2.17. The lowest BCUT2D eigenvalue weighted by Gasteiger charge is -2.30. The van der Waals surface area contributed by atoms with Gasteiger partial charge >= 0.3 is 0 Å². The van der Waals surface area contributed by atoms with Crippen molar-refractivity contribution in [2.45, 2.75) is 32.6 Å². The molecule has 130 valence electrons. The Morgan fingerprint density at radius 3 is 2.61 bits per heavy atom. The Labute approximate surface area is 157 Å². The summed E-state index contributed by atoms with van der Waals surface area (Å²) in [5.74, 6) is 1.29. The largest absolute Gasteiger partial charge is 0.370 e. The van der Waals surface area contributed by atoms with Crippen molar-refractivity contribution in [3.8, 4) is 0 Å². The molecule has 5 heteroatoms. The fourth-order valence-electron chi connectivity index (χ4n) is 2.97. The quantitative estimate of drug-likeness (QED) is 0.398. The second-order valence-corrected chi connectivity index (χ2v) is 6.17. The van der Waals surface area contributed by atoms with Crippen LogP contribution in [0, 0.1) is 5.92 Å². The number of piperidine rings is 1. The molecule has 0 radical (unpaired) electrons. The number of aliphatic imine (C=N–C) groups is 1. The average Bonchev–Trinajstić information content (AvgIpc) is 2.55. The van der Waals surface area contributed by atoms with Gasteiger partial charge in [-0.1, -0.05) is 37.3 Å². The van der Waals surface area contributed by atoms with Crippen LogP contribution in [0.2, 0.25) is 0 Å². The predicted octanol–water partition coefficient (Wildman–Crippen LogP) is 2.87. The van der Waals surface area contributed by atoms with E-state index in [4.69, 9.17) is 5.73 Å². The molecule has 1 heterocycles. The summed E-state index contributed by atoms with van der Waals surface area (Å²) in [7, 11) is 0. The van der Waals surface area contributed by atoms with E-state index in [0.717, 1.165) is 19.5 Å². The lowest BCUT2D eigenvalue weighted by Crippen LogP contribution is -2.36. The Kier molecular flexibility index (Phi) is 10.3. The monoisotopic (exact) mass is 430 g/mol. The molecule has 1 fully saturated rings. The van der Waals surface area contributed by atoms with E-state index in [9.17, 15) is 0 Å². The van der Waals surface area contributed by atoms with Crippen LogP contribution in [0.25, 0.3) is 0 Å². The van der Waals surface area contributed by atoms with E-state index in [1.54, 1.807) is 0 Å². The summed E-state index contributed by atoms with van der Waals surface area (Å²) >= 11 is 0. The maximum atomic E-state index is 5.96. The van der Waals surface area contributed by atoms with E-state index in [2.05, 4.69) is 46.4 Å². The van der Waals surface area contributed by atoms with Crippen LogP contribution in [0.1, 0.15) is 31.7 Å². The number of guanidine groups is 1. The van der Waals surface area contributed by atoms with Gasteiger partial charge in [0.1, 0.15) is 0 Å². The van der Waals surface area contributed by atoms with E-state index in [-0.39, 0.29) is 24.0 Å². The normalized spacial score (nSPS) is 16.8. The van der Waals surface area contributed by atoms with Crippen molar-refractivity contribution in [3.05, 3.63) is 35.9 Å². The van der Waals surface area contributed by atoms with Crippen LogP contribution >= 0.6 is 24.0 Å². The molecule has 1 aliphatic heterocycles. The first-order valence-corrected chi connectivity index (χ1v) is 8.58. The van der Waals surface area contributed by atoms with Gasteiger partial charge in [-0.05, 0) is 56.8 Å². The number of hydrogen-bond donors (Lipinski definition) is 2. The van der Waals surface area contributed by atoms with Crippen molar-refractivity contribution in [2.24, 2.45) is 16.6 Å². The van der Waals surface area contributed by atoms with Gasteiger partial charge in [0.2, 0.25) is 0 Å². The van der Waals surface area contributed by atoms with Gasteiger partial charge in [0, 0.05) is 13.1 Å². The second-order valence-electron chi connectivity index (χ2n) is 6.17. The number of hydrogen-bond acceptors (Lipinski definition) is 2. The van der Waals surface area contributed by atoms with Crippen LogP contribution in [0.5, 0.6) is 0 Å². The number of nitrogens with one attached hydrogen (secondary N) is 1. The van der Waals surface area contributed by atoms with Crippen LogP contribution in [0.4, 0.5) is 0 Å². The first-order valence-electron chi connectivity index (χ1n) is 8.58. The molecular weight excluding hydrogens is 399 g/mol. The Balaban J connectivity index is 0.00000264. The average molecular weight is 430 g/mol. The van der Waals surface area contributed by atoms with Crippen molar-refractivity contribution in [1.82, 2.24) is 10.2 Å². The third-order valence-corrected chi connectivity index (χ3v) is 4.33. The second kappa shape index (κ2) is 11.7. The van der Waals surface area contributed by atoms with E-state index < -0.39 is 0 Å². The summed E-state index contributed by atoms with van der Waals surface area (Å²) < 4.78 is 0. The molecule has 0 aromatic heterocycles. The molecule has 0 aliphatic carbocycles. The van der Waals surface area contributed by atoms with Crippen LogP contribution in [0.3, 0.4) is 0 Å². The zero-order valence-electron chi connectivity index (χ0n) is 14.2. The van der Waals surface area contributed by atoms with Gasteiger partial charge in [0.15, 0.2) is 5.96 Å². The third kappa shape index (κ3) is 8.01. The Hall–Kier alpha value is -0.820. The zero-order valence-corrected chi connectivity index (χ0v) is 16.5. The molecule has 1 saturated heterocycles. The maximum Gasteiger partial charge on any atom is 0.188 e. The molecule has 0 amide bonds. The number of nitrogens with two attached hydrogens (primary N) is 1. The standard InChI is InChI=1S/C18H30N4.HI/c1-2-12-22-13-9-17(10-14-22)15-21-18(19)20-11-8-16-6-4-3-5-7-16;/h3-7,17H,2,8-15H2,1H3,(H3,19,20,21);1H. The van der Waals surface area contributed by atoms with Gasteiger partial charge in [0.25, 0.3) is 0 Å². The molecule has 4 nitrogen and oxygen atoms in total. The number of rotatable bonds is 7. The molecule has 0 atom stereocenters. The first-order chi connectivity index (χ1) is 10.8.